The number of rotatable bonds is 2. The molecule has 128 valence electrons. The molecule has 23 heavy (non-hydrogen) atoms. The van der Waals surface area contributed by atoms with E-state index in [1.54, 1.807) is 6.07 Å². The molecule has 2 aliphatic carbocycles. The van der Waals surface area contributed by atoms with Crippen LogP contribution in [0.5, 0.6) is 5.75 Å². The van der Waals surface area contributed by atoms with Gasteiger partial charge in [0, 0.05) is 0 Å². The molecule has 3 rings (SSSR count). The van der Waals surface area contributed by atoms with Crippen molar-refractivity contribution in [3.8, 4) is 5.75 Å². The Hall–Kier alpha value is -1.24. The highest BCUT2D eigenvalue weighted by atomic mass is 32.2. The van der Waals surface area contributed by atoms with Crippen molar-refractivity contribution in [2.24, 2.45) is 5.41 Å². The summed E-state index contributed by atoms with van der Waals surface area (Å²) < 4.78 is 63.5. The van der Waals surface area contributed by atoms with E-state index >= 15 is 0 Å². The molecule has 0 heterocycles. The predicted octanol–water partition coefficient (Wildman–Crippen LogP) is 4.35. The maximum absolute atomic E-state index is 12.4. The summed E-state index contributed by atoms with van der Waals surface area (Å²) in [4.78, 5) is 0. The fraction of sp³-hybridized carbons (Fsp3) is 0.625. The lowest BCUT2D eigenvalue weighted by Crippen LogP contribution is -2.31. The lowest BCUT2D eigenvalue weighted by Gasteiger charge is -2.41. The standard InChI is InChI=1S/C16H19F3O3S/c17-16(18,19)23(20,21)22-14-5-4-13-11-15(7-2-1-3-8-15)9-6-12(13)10-14/h4-5,10H,1-3,6-9,11H2. The average Bonchev–Trinajstić information content (AvgIpc) is 2.47. The summed E-state index contributed by atoms with van der Waals surface area (Å²) in [6, 6.07) is 4.48. The molecule has 2 aliphatic rings. The van der Waals surface area contributed by atoms with Crippen molar-refractivity contribution < 1.29 is 25.8 Å². The van der Waals surface area contributed by atoms with Gasteiger partial charge >= 0.3 is 15.6 Å². The molecule has 1 spiro atoms. The van der Waals surface area contributed by atoms with Crippen LogP contribution in [0.25, 0.3) is 0 Å². The van der Waals surface area contributed by atoms with Crippen LogP contribution < -0.4 is 4.18 Å². The Morgan fingerprint density at radius 2 is 1.70 bits per heavy atom. The van der Waals surface area contributed by atoms with E-state index in [0.29, 0.717) is 5.41 Å². The predicted molar refractivity (Wildman–Crippen MR) is 79.6 cm³/mol. The average molecular weight is 348 g/mol. The largest absolute Gasteiger partial charge is 0.534 e. The maximum Gasteiger partial charge on any atom is 0.534 e. The number of fused-ring (bicyclic) bond motifs is 1. The Labute approximate surface area is 134 Å². The first kappa shape index (κ1) is 16.6. The molecule has 1 aromatic carbocycles. The molecule has 3 nitrogen and oxygen atoms in total. The van der Waals surface area contributed by atoms with E-state index in [2.05, 4.69) is 4.18 Å². The molecule has 1 fully saturated rings. The Bertz CT molecular complexity index is 689. The second kappa shape index (κ2) is 5.69. The van der Waals surface area contributed by atoms with Crippen LogP contribution in [-0.4, -0.2) is 13.9 Å². The van der Waals surface area contributed by atoms with Crippen molar-refractivity contribution in [1.82, 2.24) is 0 Å². The van der Waals surface area contributed by atoms with E-state index in [1.807, 2.05) is 0 Å². The van der Waals surface area contributed by atoms with Crippen LogP contribution in [0, 0.1) is 5.41 Å². The van der Waals surface area contributed by atoms with Gasteiger partial charge in [-0.1, -0.05) is 25.3 Å². The highest BCUT2D eigenvalue weighted by Crippen LogP contribution is 2.46. The molecule has 0 N–H and O–H groups in total. The smallest absolute Gasteiger partial charge is 0.376 e. The van der Waals surface area contributed by atoms with Crippen LogP contribution in [0.4, 0.5) is 13.2 Å². The number of alkyl halides is 3. The highest BCUT2D eigenvalue weighted by Gasteiger charge is 2.48. The van der Waals surface area contributed by atoms with Gasteiger partial charge in [-0.2, -0.15) is 21.6 Å². The van der Waals surface area contributed by atoms with E-state index in [9.17, 15) is 21.6 Å². The molecule has 0 unspecified atom stereocenters. The fourth-order valence-electron chi connectivity index (χ4n) is 3.85. The first-order valence-electron chi connectivity index (χ1n) is 7.83. The topological polar surface area (TPSA) is 43.4 Å². The zero-order chi connectivity index (χ0) is 16.7. The third-order valence-electron chi connectivity index (χ3n) is 5.07. The summed E-state index contributed by atoms with van der Waals surface area (Å²) in [5.41, 5.74) is -3.08. The number of benzene rings is 1. The number of halogens is 3. The molecular weight excluding hydrogens is 329 g/mol. The zero-order valence-electron chi connectivity index (χ0n) is 12.7. The van der Waals surface area contributed by atoms with Gasteiger partial charge in [0.1, 0.15) is 5.75 Å². The second-order valence-corrected chi connectivity index (χ2v) is 8.19. The van der Waals surface area contributed by atoms with Crippen molar-refractivity contribution in [3.05, 3.63) is 29.3 Å². The quantitative estimate of drug-likeness (QED) is 0.589. The third-order valence-corrected chi connectivity index (χ3v) is 6.05. The van der Waals surface area contributed by atoms with Gasteiger partial charge in [-0.25, -0.2) is 0 Å². The molecule has 0 aliphatic heterocycles. The summed E-state index contributed by atoms with van der Waals surface area (Å²) in [6.45, 7) is 0. The Morgan fingerprint density at radius 1 is 1.00 bits per heavy atom. The van der Waals surface area contributed by atoms with E-state index in [1.165, 1.54) is 44.2 Å². The molecular formula is C16H19F3O3S. The van der Waals surface area contributed by atoms with Crippen molar-refractivity contribution >= 4 is 10.1 Å². The lowest BCUT2D eigenvalue weighted by atomic mass is 9.64. The van der Waals surface area contributed by atoms with Crippen LogP contribution in [0.3, 0.4) is 0 Å². The Kier molecular flexibility index (Phi) is 4.11. The van der Waals surface area contributed by atoms with E-state index < -0.39 is 15.6 Å². The fourth-order valence-corrected chi connectivity index (χ4v) is 4.31. The van der Waals surface area contributed by atoms with Crippen LogP contribution in [0.15, 0.2) is 18.2 Å². The van der Waals surface area contributed by atoms with Gasteiger partial charge in [-0.3, -0.25) is 0 Å². The summed E-state index contributed by atoms with van der Waals surface area (Å²) in [7, 11) is -5.60. The second-order valence-electron chi connectivity index (χ2n) is 6.65. The number of aryl methyl sites for hydroxylation is 1. The minimum atomic E-state index is -5.60. The van der Waals surface area contributed by atoms with E-state index in [0.717, 1.165) is 30.4 Å². The monoisotopic (exact) mass is 348 g/mol. The maximum atomic E-state index is 12.4. The molecule has 0 bridgehead atoms. The number of hydrogen-bond acceptors (Lipinski definition) is 3. The first-order chi connectivity index (χ1) is 10.7. The summed E-state index contributed by atoms with van der Waals surface area (Å²) >= 11 is 0. The van der Waals surface area contributed by atoms with Crippen LogP contribution in [0.2, 0.25) is 0 Å². The molecule has 0 atom stereocenters. The first-order valence-corrected chi connectivity index (χ1v) is 9.24. The van der Waals surface area contributed by atoms with Gasteiger partial charge in [0.2, 0.25) is 0 Å². The summed E-state index contributed by atoms with van der Waals surface area (Å²) in [5, 5.41) is 0. The van der Waals surface area contributed by atoms with Crippen molar-refractivity contribution in [3.63, 3.8) is 0 Å². The molecule has 0 radical (unpaired) electrons. The third kappa shape index (κ3) is 3.34. The van der Waals surface area contributed by atoms with Gasteiger partial charge < -0.3 is 4.18 Å². The summed E-state index contributed by atoms with van der Waals surface area (Å²) in [6.07, 6.45) is 8.85. The van der Waals surface area contributed by atoms with Gasteiger partial charge in [-0.15, -0.1) is 0 Å². The minimum absolute atomic E-state index is 0.263. The molecule has 1 aromatic rings. The van der Waals surface area contributed by atoms with Crippen LogP contribution in [-0.2, 0) is 23.0 Å². The van der Waals surface area contributed by atoms with Crippen molar-refractivity contribution in [2.45, 2.75) is 56.9 Å². The van der Waals surface area contributed by atoms with Crippen LogP contribution in [0.1, 0.15) is 49.7 Å². The van der Waals surface area contributed by atoms with Gasteiger partial charge in [-0.05, 0) is 60.8 Å². The zero-order valence-corrected chi connectivity index (χ0v) is 13.5. The molecule has 7 heteroatoms. The minimum Gasteiger partial charge on any atom is -0.376 e. The van der Waals surface area contributed by atoms with Crippen LogP contribution >= 0.6 is 0 Å². The van der Waals surface area contributed by atoms with Gasteiger partial charge in [0.15, 0.2) is 0 Å². The van der Waals surface area contributed by atoms with E-state index in [-0.39, 0.29) is 5.75 Å². The lowest BCUT2D eigenvalue weighted by molar-refractivity contribution is -0.0500. The molecule has 0 saturated heterocycles. The van der Waals surface area contributed by atoms with Gasteiger partial charge in [0.25, 0.3) is 0 Å². The van der Waals surface area contributed by atoms with Gasteiger partial charge in [0.05, 0.1) is 0 Å². The van der Waals surface area contributed by atoms with Crippen molar-refractivity contribution in [1.29, 1.82) is 0 Å². The molecule has 1 saturated carbocycles. The molecule has 0 aromatic heterocycles. The Balaban J connectivity index is 1.80. The number of hydrogen-bond donors (Lipinski definition) is 0. The Morgan fingerprint density at radius 3 is 2.35 bits per heavy atom. The van der Waals surface area contributed by atoms with Crippen molar-refractivity contribution in [2.75, 3.05) is 0 Å². The van der Waals surface area contributed by atoms with E-state index in [4.69, 9.17) is 0 Å². The highest BCUT2D eigenvalue weighted by molar-refractivity contribution is 7.88. The molecule has 0 amide bonds. The summed E-state index contributed by atoms with van der Waals surface area (Å²) in [5.74, 6) is -0.263. The normalized spacial score (nSPS) is 21.0. The SMILES string of the molecule is O=S(=O)(Oc1ccc2c(c1)CCC1(CCCCC1)C2)C(F)(F)F.